The number of rotatable bonds is 6. The minimum Gasteiger partial charge on any atom is -0.488 e. The second-order valence-corrected chi connectivity index (χ2v) is 5.22. The molecule has 0 aromatic carbocycles. The van der Waals surface area contributed by atoms with Gasteiger partial charge in [0.15, 0.2) is 5.75 Å². The van der Waals surface area contributed by atoms with Gasteiger partial charge in [0.25, 0.3) is 0 Å². The smallest absolute Gasteiger partial charge is 0.345 e. The van der Waals surface area contributed by atoms with Crippen molar-refractivity contribution in [3.63, 3.8) is 0 Å². The third kappa shape index (κ3) is 1.87. The molecular weight excluding hydrogens is 244 g/mol. The van der Waals surface area contributed by atoms with Crippen LogP contribution >= 0.6 is 0 Å². The van der Waals surface area contributed by atoms with Crippen LogP contribution in [0.5, 0.6) is 5.75 Å². The van der Waals surface area contributed by atoms with E-state index in [1.54, 1.807) is 12.4 Å². The van der Waals surface area contributed by atoms with Crippen molar-refractivity contribution in [3.05, 3.63) is 12.4 Å². The minimum absolute atomic E-state index is 0.0259. The van der Waals surface area contributed by atoms with Crippen LogP contribution in [-0.2, 0) is 10.3 Å². The van der Waals surface area contributed by atoms with Gasteiger partial charge in [0.05, 0.1) is 24.5 Å². The van der Waals surface area contributed by atoms with E-state index in [0.717, 1.165) is 19.3 Å². The van der Waals surface area contributed by atoms with Crippen LogP contribution in [0.2, 0.25) is 0 Å². The van der Waals surface area contributed by atoms with E-state index in [4.69, 9.17) is 10.5 Å². The number of ether oxygens (including phenoxy) is 2. The quantitative estimate of drug-likeness (QED) is 0.777. The number of hydrogen-bond acceptors (Lipinski definition) is 4. The van der Waals surface area contributed by atoms with Crippen LogP contribution in [0.1, 0.15) is 19.3 Å². The Hall–Kier alpha value is -1.21. The van der Waals surface area contributed by atoms with Gasteiger partial charge >= 0.3 is 6.61 Å². The van der Waals surface area contributed by atoms with Gasteiger partial charge in [-0.05, 0) is 19.3 Å². The van der Waals surface area contributed by atoms with E-state index in [1.165, 1.54) is 0 Å². The van der Waals surface area contributed by atoms with Crippen LogP contribution in [0.25, 0.3) is 0 Å². The lowest BCUT2D eigenvalue weighted by atomic mass is 9.45. The average molecular weight is 259 g/mol. The molecule has 3 fully saturated rings. The molecule has 0 spiro atoms. The van der Waals surface area contributed by atoms with E-state index < -0.39 is 6.61 Å². The summed E-state index contributed by atoms with van der Waals surface area (Å²) in [5.74, 6) is 0.573. The first-order chi connectivity index (χ1) is 8.51. The molecule has 3 aliphatic rings. The van der Waals surface area contributed by atoms with Crippen molar-refractivity contribution in [2.24, 2.45) is 5.73 Å². The van der Waals surface area contributed by atoms with Crippen molar-refractivity contribution in [1.29, 1.82) is 0 Å². The maximum atomic E-state index is 11.7. The summed E-state index contributed by atoms with van der Waals surface area (Å²) in [6.45, 7) is -2.80. The van der Waals surface area contributed by atoms with Gasteiger partial charge in [-0.2, -0.15) is 13.9 Å². The van der Waals surface area contributed by atoms with E-state index >= 15 is 0 Å². The summed E-state index contributed by atoms with van der Waals surface area (Å²) in [4.78, 5) is 0. The first-order valence-corrected chi connectivity index (χ1v) is 5.88. The van der Waals surface area contributed by atoms with Gasteiger partial charge in [0, 0.05) is 5.54 Å². The fraction of sp³-hybridized carbons (Fsp3) is 0.727. The molecule has 2 bridgehead atoms. The summed E-state index contributed by atoms with van der Waals surface area (Å²) in [7, 11) is 0. The molecule has 2 N–H and O–H groups in total. The highest BCUT2D eigenvalue weighted by Gasteiger charge is 2.67. The molecule has 5 nitrogen and oxygen atoms in total. The lowest BCUT2D eigenvalue weighted by molar-refractivity contribution is -0.133. The number of alkyl halides is 2. The molecule has 0 aliphatic heterocycles. The highest BCUT2D eigenvalue weighted by atomic mass is 19.3. The second kappa shape index (κ2) is 3.89. The zero-order chi connectivity index (χ0) is 12.8. The van der Waals surface area contributed by atoms with Gasteiger partial charge in [-0.25, -0.2) is 0 Å². The molecule has 100 valence electrons. The molecule has 1 aromatic rings. The van der Waals surface area contributed by atoms with Crippen LogP contribution in [0, 0.1) is 0 Å². The number of aromatic nitrogens is 2. The summed E-state index contributed by atoms with van der Waals surface area (Å²) in [6, 6.07) is 0. The predicted octanol–water partition coefficient (Wildman–Crippen LogP) is 1.09. The van der Waals surface area contributed by atoms with Crippen LogP contribution in [0.4, 0.5) is 8.78 Å². The number of nitrogens with zero attached hydrogens (tertiary/aromatic N) is 2. The summed E-state index contributed by atoms with van der Waals surface area (Å²) >= 11 is 0. The molecule has 0 saturated heterocycles. The first-order valence-electron chi connectivity index (χ1n) is 5.88. The van der Waals surface area contributed by atoms with E-state index in [1.807, 2.05) is 4.68 Å². The van der Waals surface area contributed by atoms with Crippen LogP contribution in [-0.4, -0.2) is 35.1 Å². The summed E-state index contributed by atoms with van der Waals surface area (Å²) in [5, 5.41) is 4.24. The van der Waals surface area contributed by atoms with Crippen molar-refractivity contribution in [2.75, 3.05) is 13.2 Å². The van der Waals surface area contributed by atoms with Crippen molar-refractivity contribution >= 4 is 0 Å². The molecule has 1 aromatic heterocycles. The Morgan fingerprint density at radius 3 is 2.72 bits per heavy atom. The van der Waals surface area contributed by atoms with Gasteiger partial charge in [-0.3, -0.25) is 4.68 Å². The van der Waals surface area contributed by atoms with E-state index in [9.17, 15) is 8.78 Å². The largest absolute Gasteiger partial charge is 0.488 e. The zero-order valence-electron chi connectivity index (χ0n) is 9.81. The van der Waals surface area contributed by atoms with Crippen molar-refractivity contribution in [2.45, 2.75) is 37.0 Å². The second-order valence-electron chi connectivity index (χ2n) is 5.22. The Labute approximate surface area is 103 Å². The van der Waals surface area contributed by atoms with Gasteiger partial charge < -0.3 is 15.2 Å². The molecule has 0 radical (unpaired) electrons. The lowest BCUT2D eigenvalue weighted by Crippen LogP contribution is -2.76. The minimum atomic E-state index is -2.75. The SMILES string of the molecule is NC12CC(n3cc(OCCOC(F)F)cn3)(C1)C2. The predicted molar refractivity (Wildman–Crippen MR) is 58.4 cm³/mol. The molecular formula is C11H15F2N3O2. The Balaban J connectivity index is 1.49. The standard InChI is InChI=1S/C11H15F2N3O2/c12-9(13)18-2-1-17-8-3-15-16(4-8)11-5-10(14,6-11)7-11/h3-4,9H,1-2,5-7,14H2. The maximum Gasteiger partial charge on any atom is 0.345 e. The Kier molecular flexibility index (Phi) is 2.56. The molecule has 4 rings (SSSR count). The van der Waals surface area contributed by atoms with E-state index in [2.05, 4.69) is 9.84 Å². The third-order valence-corrected chi connectivity index (χ3v) is 3.68. The van der Waals surface area contributed by atoms with Gasteiger partial charge in [0.2, 0.25) is 0 Å². The Morgan fingerprint density at radius 2 is 2.11 bits per heavy atom. The lowest BCUT2D eigenvalue weighted by Gasteiger charge is -2.68. The molecule has 1 heterocycles. The topological polar surface area (TPSA) is 62.3 Å². The Morgan fingerprint density at radius 1 is 1.39 bits per heavy atom. The molecule has 0 amide bonds. The zero-order valence-corrected chi connectivity index (χ0v) is 9.81. The highest BCUT2D eigenvalue weighted by Crippen LogP contribution is 2.63. The monoisotopic (exact) mass is 259 g/mol. The fourth-order valence-electron chi connectivity index (χ4n) is 2.99. The van der Waals surface area contributed by atoms with E-state index in [0.29, 0.717) is 5.75 Å². The molecule has 3 saturated carbocycles. The molecule has 18 heavy (non-hydrogen) atoms. The van der Waals surface area contributed by atoms with Crippen molar-refractivity contribution < 1.29 is 18.3 Å². The van der Waals surface area contributed by atoms with Gasteiger partial charge in [0.1, 0.15) is 6.61 Å². The number of halogens is 2. The van der Waals surface area contributed by atoms with E-state index in [-0.39, 0.29) is 24.3 Å². The number of nitrogens with two attached hydrogens (primary N) is 1. The highest BCUT2D eigenvalue weighted by molar-refractivity contribution is 5.27. The molecule has 0 unspecified atom stereocenters. The summed E-state index contributed by atoms with van der Waals surface area (Å²) in [6.07, 6.45) is 6.24. The fourth-order valence-corrected chi connectivity index (χ4v) is 2.99. The molecule has 7 heteroatoms. The van der Waals surface area contributed by atoms with Crippen LogP contribution < -0.4 is 10.5 Å². The van der Waals surface area contributed by atoms with Crippen LogP contribution in [0.3, 0.4) is 0 Å². The average Bonchev–Trinajstić information content (AvgIpc) is 2.67. The normalized spacial score (nSPS) is 33.1. The number of hydrogen-bond donors (Lipinski definition) is 1. The van der Waals surface area contributed by atoms with Crippen molar-refractivity contribution in [3.8, 4) is 5.75 Å². The maximum absolute atomic E-state index is 11.7. The summed E-state index contributed by atoms with van der Waals surface area (Å²) in [5.41, 5.74) is 6.09. The van der Waals surface area contributed by atoms with Gasteiger partial charge in [-0.15, -0.1) is 0 Å². The Bertz CT molecular complexity index is 429. The van der Waals surface area contributed by atoms with Crippen molar-refractivity contribution in [1.82, 2.24) is 9.78 Å². The summed E-state index contributed by atoms with van der Waals surface area (Å²) < 4.78 is 34.7. The molecule has 3 aliphatic carbocycles. The van der Waals surface area contributed by atoms with Crippen LogP contribution in [0.15, 0.2) is 12.4 Å². The third-order valence-electron chi connectivity index (χ3n) is 3.68. The van der Waals surface area contributed by atoms with Gasteiger partial charge in [-0.1, -0.05) is 0 Å². The molecule has 0 atom stereocenters. The first kappa shape index (κ1) is 11.9.